The van der Waals surface area contributed by atoms with Crippen molar-refractivity contribution in [2.45, 2.75) is 31.7 Å². The average molecular weight is 439 g/mol. The third-order valence-corrected chi connectivity index (χ3v) is 5.05. The zero-order valence-corrected chi connectivity index (χ0v) is 15.6. The number of benzene rings is 1. The predicted molar refractivity (Wildman–Crippen MR) is 88.7 cm³/mol. The summed E-state index contributed by atoms with van der Waals surface area (Å²) >= 11 is -5.14. The Hall–Kier alpha value is -1.72. The van der Waals surface area contributed by atoms with Gasteiger partial charge in [0.2, 0.25) is 0 Å². The van der Waals surface area contributed by atoms with E-state index in [1.165, 1.54) is 25.1 Å². The number of anilines is 1. The molecule has 0 saturated heterocycles. The van der Waals surface area contributed by atoms with Gasteiger partial charge in [0.25, 0.3) is 0 Å². The minimum absolute atomic E-state index is 0.225. The van der Waals surface area contributed by atoms with Crippen LogP contribution in [0.25, 0.3) is 0 Å². The summed E-state index contributed by atoms with van der Waals surface area (Å²) in [5.41, 5.74) is -0.225. The number of phenolic OH excluding ortho intramolecular Hbond substituents is 1. The first-order valence-electron chi connectivity index (χ1n) is 7.20. The summed E-state index contributed by atoms with van der Waals surface area (Å²) in [6, 6.07) is 3.71. The molecule has 1 aromatic carbocycles. The van der Waals surface area contributed by atoms with Crippen LogP contribution in [0.2, 0.25) is 0 Å². The third-order valence-electron chi connectivity index (χ3n) is 2.95. The fourth-order valence-corrected chi connectivity index (χ4v) is 3.23. The maximum atomic E-state index is 11.1. The van der Waals surface area contributed by atoms with Gasteiger partial charge in [0, 0.05) is 6.42 Å². The maximum absolute atomic E-state index is 11.1. The van der Waals surface area contributed by atoms with E-state index in [1.807, 2.05) is 0 Å². The molecule has 0 radical (unpaired) electrons. The summed E-state index contributed by atoms with van der Waals surface area (Å²) in [4.78, 5) is 20.6. The predicted octanol–water partition coefficient (Wildman–Crippen LogP) is -3.44. The molecule has 0 aliphatic rings. The summed E-state index contributed by atoms with van der Waals surface area (Å²) in [5.74, 6) is -0.880. The molecule has 0 spiro atoms. The van der Waals surface area contributed by atoms with Gasteiger partial charge in [0.1, 0.15) is 18.5 Å². The molecule has 0 heterocycles. The van der Waals surface area contributed by atoms with E-state index in [1.54, 1.807) is 0 Å². The Bertz CT molecular complexity index is 647. The number of para-hydroxylation sites is 1. The largest absolute Gasteiger partial charge is 0.394 e. The number of aromatic hydroxyl groups is 1. The van der Waals surface area contributed by atoms with E-state index >= 15 is 0 Å². The number of carbonyl (C=O) groups is 2. The van der Waals surface area contributed by atoms with Crippen molar-refractivity contribution in [1.82, 2.24) is 0 Å². The van der Waals surface area contributed by atoms with E-state index in [4.69, 9.17) is 28.6 Å². The summed E-state index contributed by atoms with van der Waals surface area (Å²) in [6.45, 7) is 0.541. The number of nitrogens with one attached hydrogen (secondary N) is 1. The van der Waals surface area contributed by atoms with Crippen molar-refractivity contribution in [3.63, 3.8) is 0 Å². The van der Waals surface area contributed by atoms with Crippen LogP contribution in [0.3, 0.4) is 0 Å². The fourth-order valence-electron chi connectivity index (χ4n) is 1.68. The van der Waals surface area contributed by atoms with Gasteiger partial charge in [0.15, 0.2) is 0 Å². The Morgan fingerprint density at radius 1 is 1.23 bits per heavy atom. The zero-order chi connectivity index (χ0) is 20.5. The topological polar surface area (TPSA) is 205 Å². The van der Waals surface area contributed by atoms with Crippen LogP contribution in [0, 0.1) is 0 Å². The van der Waals surface area contributed by atoms with Crippen molar-refractivity contribution >= 4 is 36.4 Å². The monoisotopic (exact) mass is 439 g/mol. The molecular formula is C14H22AsNO10. The minimum Gasteiger partial charge on any atom is -0.394 e. The van der Waals surface area contributed by atoms with Crippen molar-refractivity contribution in [3.8, 4) is 5.75 Å². The van der Waals surface area contributed by atoms with Crippen molar-refractivity contribution in [1.29, 1.82) is 0 Å². The quantitative estimate of drug-likeness (QED) is 0.120. The molecule has 0 unspecified atom stereocenters. The molecule has 0 aromatic heterocycles. The second-order valence-electron chi connectivity index (χ2n) is 5.11. The SMILES string of the molecule is CC(=O)Nc1c(O)cccc1[As](=O)(O)O.O=CC[C@@H](O)[C@H](O)[C@H](O)CO. The molecule has 1 rings (SSSR count). The Morgan fingerprint density at radius 2 is 1.81 bits per heavy atom. The van der Waals surface area contributed by atoms with E-state index in [0.29, 0.717) is 6.29 Å². The molecule has 148 valence electrons. The average Bonchev–Trinajstić information content (AvgIpc) is 2.54. The fraction of sp³-hybridized carbons (Fsp3) is 0.429. The zero-order valence-electron chi connectivity index (χ0n) is 13.8. The molecule has 0 aliphatic carbocycles. The van der Waals surface area contributed by atoms with Crippen LogP contribution in [0.1, 0.15) is 13.3 Å². The van der Waals surface area contributed by atoms with Crippen LogP contribution < -0.4 is 9.67 Å². The van der Waals surface area contributed by atoms with Gasteiger partial charge in [-0.15, -0.1) is 0 Å². The molecular weight excluding hydrogens is 417 g/mol. The van der Waals surface area contributed by atoms with Gasteiger partial charge in [-0.25, -0.2) is 0 Å². The molecule has 0 saturated carbocycles. The normalized spacial score (nSPS) is 14.4. The number of hydrogen-bond acceptors (Lipinski definition) is 8. The van der Waals surface area contributed by atoms with E-state index in [2.05, 4.69) is 5.32 Å². The molecule has 3 atom stereocenters. The van der Waals surface area contributed by atoms with Gasteiger partial charge in [-0.1, -0.05) is 0 Å². The van der Waals surface area contributed by atoms with E-state index in [-0.39, 0.29) is 22.2 Å². The van der Waals surface area contributed by atoms with E-state index in [0.717, 1.165) is 0 Å². The van der Waals surface area contributed by atoms with Crippen molar-refractivity contribution in [3.05, 3.63) is 18.2 Å². The number of carbonyl (C=O) groups excluding carboxylic acids is 2. The number of rotatable bonds is 7. The molecule has 26 heavy (non-hydrogen) atoms. The van der Waals surface area contributed by atoms with Crippen molar-refractivity contribution in [2.24, 2.45) is 0 Å². The summed E-state index contributed by atoms with van der Waals surface area (Å²) < 4.78 is 28.8. The van der Waals surface area contributed by atoms with Crippen LogP contribution in [0.4, 0.5) is 5.69 Å². The first-order valence-corrected chi connectivity index (χ1v) is 10.6. The maximum Gasteiger partial charge on any atom is 0.122 e. The number of phenols is 1. The number of aliphatic hydroxyl groups is 4. The molecule has 0 fully saturated rings. The van der Waals surface area contributed by atoms with Gasteiger partial charge < -0.3 is 25.2 Å². The Labute approximate surface area is 151 Å². The molecule has 1 aromatic rings. The number of aliphatic hydroxyl groups excluding tert-OH is 4. The Kier molecular flexibility index (Phi) is 10.4. The number of aldehydes is 1. The van der Waals surface area contributed by atoms with Crippen LogP contribution in [-0.4, -0.2) is 85.0 Å². The Morgan fingerprint density at radius 3 is 2.23 bits per heavy atom. The van der Waals surface area contributed by atoms with Crippen molar-refractivity contribution in [2.75, 3.05) is 11.9 Å². The van der Waals surface area contributed by atoms with Crippen LogP contribution in [0.5, 0.6) is 5.75 Å². The summed E-state index contributed by atoms with van der Waals surface area (Å²) in [7, 11) is 0. The Balaban J connectivity index is 0.000000508. The van der Waals surface area contributed by atoms with E-state index in [9.17, 15) is 18.4 Å². The number of hydrogen-bond donors (Lipinski definition) is 8. The third kappa shape index (κ3) is 8.10. The molecule has 1 amide bonds. The van der Waals surface area contributed by atoms with Gasteiger partial charge in [-0.05, 0) is 0 Å². The molecule has 0 aliphatic heterocycles. The summed E-state index contributed by atoms with van der Waals surface area (Å²) in [6.07, 6.45) is -4.00. The van der Waals surface area contributed by atoms with Crippen LogP contribution in [0.15, 0.2) is 18.2 Å². The van der Waals surface area contributed by atoms with E-state index < -0.39 is 45.0 Å². The molecule has 8 N–H and O–H groups in total. The molecule has 11 nitrogen and oxygen atoms in total. The smallest absolute Gasteiger partial charge is 0.122 e. The van der Waals surface area contributed by atoms with Gasteiger partial charge >= 0.3 is 88.1 Å². The standard InChI is InChI=1S/C8H10AsNO5.C6H12O5/c1-5(11)10-8-6(9(13,14)15)3-2-4-7(8)12;7-2-1-4(9)6(11)5(10)3-8/h2-4,12H,1H3,(H,10,11)(H2,13,14,15);2,4-6,8-11H,1,3H2/t;4-,5-,6+/m.1/s1. The summed E-state index contributed by atoms with van der Waals surface area (Å²) in [5, 5.41) is 46.4. The molecule has 0 bridgehead atoms. The molecule has 12 heteroatoms. The van der Waals surface area contributed by atoms with Gasteiger partial charge in [0.05, 0.1) is 12.7 Å². The first-order chi connectivity index (χ1) is 11.9. The van der Waals surface area contributed by atoms with Gasteiger partial charge in [-0.3, -0.25) is 0 Å². The second-order valence-corrected chi connectivity index (χ2v) is 8.40. The minimum atomic E-state index is -5.14. The number of amides is 1. The van der Waals surface area contributed by atoms with Gasteiger partial charge in [-0.2, -0.15) is 0 Å². The van der Waals surface area contributed by atoms with Crippen molar-refractivity contribution < 1.29 is 47.1 Å². The van der Waals surface area contributed by atoms with Crippen LogP contribution >= 0.6 is 0 Å². The first kappa shape index (κ1) is 24.3. The van der Waals surface area contributed by atoms with Crippen LogP contribution in [-0.2, 0) is 13.3 Å². The second kappa shape index (κ2) is 11.1.